The van der Waals surface area contributed by atoms with Crippen LogP contribution in [0.15, 0.2) is 0 Å². The summed E-state index contributed by atoms with van der Waals surface area (Å²) in [4.78, 5) is 0. The fourth-order valence-electron chi connectivity index (χ4n) is 1.62. The SMILES string of the molecule is Cc1nn(C)c(C)c1C(C)CN. The van der Waals surface area contributed by atoms with Crippen molar-refractivity contribution in [3.8, 4) is 0 Å². The first kappa shape index (κ1) is 9.26. The summed E-state index contributed by atoms with van der Waals surface area (Å²) in [6, 6.07) is 0. The van der Waals surface area contributed by atoms with Crippen molar-refractivity contribution in [2.24, 2.45) is 12.8 Å². The second kappa shape index (κ2) is 3.27. The Morgan fingerprint density at radius 3 is 2.42 bits per heavy atom. The molecule has 0 amide bonds. The number of nitrogens with two attached hydrogens (primary N) is 1. The minimum atomic E-state index is 0.415. The van der Waals surface area contributed by atoms with E-state index < -0.39 is 0 Å². The second-order valence-electron chi connectivity index (χ2n) is 3.34. The van der Waals surface area contributed by atoms with Crippen molar-refractivity contribution >= 4 is 0 Å². The third kappa shape index (κ3) is 1.37. The lowest BCUT2D eigenvalue weighted by molar-refractivity contribution is 0.722. The van der Waals surface area contributed by atoms with E-state index in [1.54, 1.807) is 0 Å². The van der Waals surface area contributed by atoms with Gasteiger partial charge in [0, 0.05) is 12.7 Å². The summed E-state index contributed by atoms with van der Waals surface area (Å²) in [5.41, 5.74) is 9.25. The largest absolute Gasteiger partial charge is 0.330 e. The lowest BCUT2D eigenvalue weighted by Crippen LogP contribution is -2.10. The van der Waals surface area contributed by atoms with Gasteiger partial charge in [-0.1, -0.05) is 6.92 Å². The van der Waals surface area contributed by atoms with Gasteiger partial charge in [0.2, 0.25) is 0 Å². The molecular formula is C9H17N3. The van der Waals surface area contributed by atoms with E-state index in [0.717, 1.165) is 5.69 Å². The normalized spacial score (nSPS) is 13.4. The molecule has 0 saturated heterocycles. The van der Waals surface area contributed by atoms with E-state index in [0.29, 0.717) is 12.5 Å². The Labute approximate surface area is 73.6 Å². The van der Waals surface area contributed by atoms with Crippen molar-refractivity contribution in [2.75, 3.05) is 6.54 Å². The highest BCUT2D eigenvalue weighted by molar-refractivity contribution is 5.28. The van der Waals surface area contributed by atoms with Crippen LogP contribution in [0.25, 0.3) is 0 Å². The van der Waals surface area contributed by atoms with Gasteiger partial charge in [-0.15, -0.1) is 0 Å². The zero-order chi connectivity index (χ0) is 9.30. The summed E-state index contributed by atoms with van der Waals surface area (Å²) >= 11 is 0. The van der Waals surface area contributed by atoms with Crippen molar-refractivity contribution in [3.05, 3.63) is 17.0 Å². The maximum Gasteiger partial charge on any atom is 0.0631 e. The molecular weight excluding hydrogens is 150 g/mol. The molecule has 0 aliphatic rings. The molecule has 68 valence electrons. The molecule has 0 aliphatic carbocycles. The van der Waals surface area contributed by atoms with Crippen LogP contribution in [0, 0.1) is 13.8 Å². The fourth-order valence-corrected chi connectivity index (χ4v) is 1.62. The first-order valence-electron chi connectivity index (χ1n) is 4.28. The molecule has 1 heterocycles. The van der Waals surface area contributed by atoms with E-state index in [1.807, 2.05) is 18.7 Å². The van der Waals surface area contributed by atoms with Gasteiger partial charge in [-0.05, 0) is 31.9 Å². The van der Waals surface area contributed by atoms with Gasteiger partial charge in [-0.3, -0.25) is 4.68 Å². The third-order valence-electron chi connectivity index (χ3n) is 2.41. The van der Waals surface area contributed by atoms with E-state index >= 15 is 0 Å². The zero-order valence-corrected chi connectivity index (χ0v) is 8.26. The predicted octanol–water partition coefficient (Wildman–Crippen LogP) is 1.10. The van der Waals surface area contributed by atoms with Gasteiger partial charge in [-0.25, -0.2) is 0 Å². The summed E-state index contributed by atoms with van der Waals surface area (Å²) in [6.45, 7) is 6.94. The average Bonchev–Trinajstić information content (AvgIpc) is 2.26. The topological polar surface area (TPSA) is 43.8 Å². The zero-order valence-electron chi connectivity index (χ0n) is 8.26. The maximum atomic E-state index is 5.61. The fraction of sp³-hybridized carbons (Fsp3) is 0.667. The van der Waals surface area contributed by atoms with Gasteiger partial charge in [0.25, 0.3) is 0 Å². The van der Waals surface area contributed by atoms with E-state index in [9.17, 15) is 0 Å². The van der Waals surface area contributed by atoms with E-state index in [-0.39, 0.29) is 0 Å². The highest BCUT2D eigenvalue weighted by Gasteiger charge is 2.14. The molecule has 1 unspecified atom stereocenters. The molecule has 1 rings (SSSR count). The minimum absolute atomic E-state index is 0.415. The van der Waals surface area contributed by atoms with Gasteiger partial charge >= 0.3 is 0 Å². The van der Waals surface area contributed by atoms with Crippen molar-refractivity contribution in [1.82, 2.24) is 9.78 Å². The molecule has 0 spiro atoms. The second-order valence-corrected chi connectivity index (χ2v) is 3.34. The van der Waals surface area contributed by atoms with Gasteiger partial charge in [0.1, 0.15) is 0 Å². The van der Waals surface area contributed by atoms with Crippen molar-refractivity contribution in [3.63, 3.8) is 0 Å². The quantitative estimate of drug-likeness (QED) is 0.716. The summed E-state index contributed by atoms with van der Waals surface area (Å²) in [5.74, 6) is 0.415. The third-order valence-corrected chi connectivity index (χ3v) is 2.41. The molecule has 0 aliphatic heterocycles. The average molecular weight is 167 g/mol. The van der Waals surface area contributed by atoms with Crippen LogP contribution in [-0.4, -0.2) is 16.3 Å². The molecule has 2 N–H and O–H groups in total. The van der Waals surface area contributed by atoms with Crippen molar-refractivity contribution in [1.29, 1.82) is 0 Å². The Kier molecular flexibility index (Phi) is 2.52. The Morgan fingerprint density at radius 2 is 2.08 bits per heavy atom. The van der Waals surface area contributed by atoms with Crippen LogP contribution in [0.4, 0.5) is 0 Å². The molecule has 3 nitrogen and oxygen atoms in total. The molecule has 0 saturated carbocycles. The molecule has 1 atom stereocenters. The van der Waals surface area contributed by atoms with Gasteiger partial charge in [0.15, 0.2) is 0 Å². The van der Waals surface area contributed by atoms with Crippen LogP contribution in [-0.2, 0) is 7.05 Å². The lowest BCUT2D eigenvalue weighted by atomic mass is 10.00. The Bertz CT molecular complexity index is 276. The molecule has 0 bridgehead atoms. The van der Waals surface area contributed by atoms with Gasteiger partial charge in [0.05, 0.1) is 5.69 Å². The van der Waals surface area contributed by atoms with Crippen LogP contribution < -0.4 is 5.73 Å². The summed E-state index contributed by atoms with van der Waals surface area (Å²) in [5, 5.41) is 4.34. The van der Waals surface area contributed by atoms with E-state index in [2.05, 4.69) is 18.9 Å². The van der Waals surface area contributed by atoms with Crippen molar-refractivity contribution in [2.45, 2.75) is 26.7 Å². The first-order valence-corrected chi connectivity index (χ1v) is 4.28. The number of nitrogens with zero attached hydrogens (tertiary/aromatic N) is 2. The predicted molar refractivity (Wildman–Crippen MR) is 50.2 cm³/mol. The summed E-state index contributed by atoms with van der Waals surface area (Å²) in [6.07, 6.45) is 0. The molecule has 1 aromatic rings. The van der Waals surface area contributed by atoms with E-state index in [4.69, 9.17) is 5.73 Å². The van der Waals surface area contributed by atoms with Crippen LogP contribution in [0.2, 0.25) is 0 Å². The number of aromatic nitrogens is 2. The summed E-state index contributed by atoms with van der Waals surface area (Å²) < 4.78 is 1.91. The standard InChI is InChI=1S/C9H17N3/c1-6(5-10)9-7(2)11-12(4)8(9)3/h6H,5,10H2,1-4H3. The molecule has 0 fully saturated rings. The molecule has 1 aromatic heterocycles. The molecule has 3 heteroatoms. The first-order chi connectivity index (χ1) is 5.57. The monoisotopic (exact) mass is 167 g/mol. The molecule has 0 radical (unpaired) electrons. The molecule has 12 heavy (non-hydrogen) atoms. The Morgan fingerprint density at radius 1 is 1.50 bits per heavy atom. The van der Waals surface area contributed by atoms with Crippen LogP contribution in [0.5, 0.6) is 0 Å². The number of hydrogen-bond acceptors (Lipinski definition) is 2. The Hall–Kier alpha value is -0.830. The highest BCUT2D eigenvalue weighted by atomic mass is 15.3. The van der Waals surface area contributed by atoms with Crippen LogP contribution >= 0.6 is 0 Å². The maximum absolute atomic E-state index is 5.61. The lowest BCUT2D eigenvalue weighted by Gasteiger charge is -2.08. The highest BCUT2D eigenvalue weighted by Crippen LogP contribution is 2.21. The minimum Gasteiger partial charge on any atom is -0.330 e. The molecule has 0 aromatic carbocycles. The summed E-state index contributed by atoms with van der Waals surface area (Å²) in [7, 11) is 1.97. The van der Waals surface area contributed by atoms with Crippen LogP contribution in [0.1, 0.15) is 29.8 Å². The van der Waals surface area contributed by atoms with Crippen LogP contribution in [0.3, 0.4) is 0 Å². The van der Waals surface area contributed by atoms with E-state index in [1.165, 1.54) is 11.3 Å². The number of rotatable bonds is 2. The van der Waals surface area contributed by atoms with Gasteiger partial charge in [-0.2, -0.15) is 5.10 Å². The Balaban J connectivity index is 3.13. The number of aryl methyl sites for hydroxylation is 2. The van der Waals surface area contributed by atoms with Gasteiger partial charge < -0.3 is 5.73 Å². The van der Waals surface area contributed by atoms with Crippen molar-refractivity contribution < 1.29 is 0 Å². The smallest absolute Gasteiger partial charge is 0.0631 e. The number of hydrogen-bond donors (Lipinski definition) is 1.